The van der Waals surface area contributed by atoms with E-state index in [9.17, 15) is 19.3 Å². The molecule has 1 aromatic carbocycles. The molecule has 1 aliphatic rings. The number of nitro groups is 1. The van der Waals surface area contributed by atoms with Crippen LogP contribution < -0.4 is 0 Å². The fraction of sp³-hybridized carbons (Fsp3) is 0.412. The molecular formula is C17H18Cl2FN5O3. The van der Waals surface area contributed by atoms with Crippen molar-refractivity contribution in [1.29, 1.82) is 0 Å². The van der Waals surface area contributed by atoms with E-state index in [0.717, 1.165) is 0 Å². The molecule has 0 bridgehead atoms. The molecule has 150 valence electrons. The van der Waals surface area contributed by atoms with Crippen molar-refractivity contribution in [3.63, 3.8) is 0 Å². The Labute approximate surface area is 170 Å². The van der Waals surface area contributed by atoms with Gasteiger partial charge in [0.2, 0.25) is 5.91 Å². The molecule has 1 amide bonds. The Kier molecular flexibility index (Phi) is 6.48. The van der Waals surface area contributed by atoms with Crippen LogP contribution in [0.3, 0.4) is 0 Å². The van der Waals surface area contributed by atoms with Crippen LogP contribution in [0, 0.1) is 15.9 Å². The van der Waals surface area contributed by atoms with Gasteiger partial charge in [-0.2, -0.15) is 4.68 Å². The molecule has 0 N–H and O–H groups in total. The summed E-state index contributed by atoms with van der Waals surface area (Å²) in [5, 5.41) is 14.9. The maximum absolute atomic E-state index is 13.9. The van der Waals surface area contributed by atoms with Crippen LogP contribution in [0.2, 0.25) is 10.0 Å². The number of piperazine rings is 1. The number of benzene rings is 1. The number of carbonyl (C=O) groups excluding carboxylic acids is 1. The van der Waals surface area contributed by atoms with Crippen LogP contribution in [0.4, 0.5) is 10.2 Å². The van der Waals surface area contributed by atoms with Gasteiger partial charge in [0.1, 0.15) is 5.82 Å². The van der Waals surface area contributed by atoms with E-state index < -0.39 is 10.7 Å². The van der Waals surface area contributed by atoms with Crippen molar-refractivity contribution in [3.8, 4) is 0 Å². The minimum absolute atomic E-state index is 0.0575. The van der Waals surface area contributed by atoms with Crippen LogP contribution in [0.5, 0.6) is 0 Å². The van der Waals surface area contributed by atoms with Crippen molar-refractivity contribution in [2.45, 2.75) is 19.5 Å². The van der Waals surface area contributed by atoms with E-state index in [-0.39, 0.29) is 29.7 Å². The molecule has 8 nitrogen and oxygen atoms in total. The van der Waals surface area contributed by atoms with Gasteiger partial charge in [-0.05, 0) is 17.1 Å². The number of rotatable bonds is 6. The minimum Gasteiger partial charge on any atom is -0.358 e. The first-order valence-corrected chi connectivity index (χ1v) is 9.41. The Balaban J connectivity index is 1.48. The Morgan fingerprint density at radius 3 is 2.54 bits per heavy atom. The Morgan fingerprint density at radius 2 is 1.93 bits per heavy atom. The van der Waals surface area contributed by atoms with E-state index in [2.05, 4.69) is 5.10 Å². The molecule has 2 aromatic rings. The van der Waals surface area contributed by atoms with E-state index in [1.807, 2.05) is 4.90 Å². The van der Waals surface area contributed by atoms with Crippen molar-refractivity contribution in [3.05, 3.63) is 55.9 Å². The highest BCUT2D eigenvalue weighted by molar-refractivity contribution is 6.32. The van der Waals surface area contributed by atoms with Crippen LogP contribution in [-0.4, -0.2) is 56.6 Å². The molecule has 0 aliphatic carbocycles. The highest BCUT2D eigenvalue weighted by Gasteiger charge is 2.24. The quantitative estimate of drug-likeness (QED) is 0.520. The molecule has 28 heavy (non-hydrogen) atoms. The molecule has 11 heteroatoms. The molecule has 2 heterocycles. The van der Waals surface area contributed by atoms with Crippen molar-refractivity contribution in [1.82, 2.24) is 19.6 Å². The summed E-state index contributed by atoms with van der Waals surface area (Å²) in [5.41, 5.74) is 0.459. The summed E-state index contributed by atoms with van der Waals surface area (Å²) in [6, 6.07) is 4.61. The minimum atomic E-state index is -0.665. The number of aryl methyl sites for hydroxylation is 1. The fourth-order valence-corrected chi connectivity index (χ4v) is 3.50. The summed E-state index contributed by atoms with van der Waals surface area (Å²) in [7, 11) is 0. The first kappa shape index (κ1) is 20.5. The van der Waals surface area contributed by atoms with Gasteiger partial charge < -0.3 is 15.0 Å². The van der Waals surface area contributed by atoms with E-state index in [1.165, 1.54) is 16.9 Å². The van der Waals surface area contributed by atoms with Gasteiger partial charge in [0.15, 0.2) is 5.02 Å². The number of hydrogen-bond donors (Lipinski definition) is 0. The van der Waals surface area contributed by atoms with Gasteiger partial charge in [-0.3, -0.25) is 9.69 Å². The number of halogens is 3. The van der Waals surface area contributed by atoms with Crippen LogP contribution in [0.1, 0.15) is 12.0 Å². The van der Waals surface area contributed by atoms with Gasteiger partial charge in [-0.15, -0.1) is 0 Å². The number of nitrogens with zero attached hydrogens (tertiary/aromatic N) is 5. The van der Waals surface area contributed by atoms with Crippen molar-refractivity contribution < 1.29 is 14.1 Å². The molecule has 0 radical (unpaired) electrons. The number of carbonyl (C=O) groups is 1. The SMILES string of the molecule is O=C(CCn1cc(Cl)c([N+](=O)[O-])n1)N1CCN(Cc2c(F)cccc2Cl)CC1. The van der Waals surface area contributed by atoms with Crippen LogP contribution >= 0.6 is 23.2 Å². The first-order chi connectivity index (χ1) is 13.3. The number of amides is 1. The Hall–Kier alpha value is -2.23. The topological polar surface area (TPSA) is 84.5 Å². The highest BCUT2D eigenvalue weighted by Crippen LogP contribution is 2.22. The summed E-state index contributed by atoms with van der Waals surface area (Å²) in [4.78, 5) is 26.2. The second kappa shape index (κ2) is 8.85. The summed E-state index contributed by atoms with van der Waals surface area (Å²) >= 11 is 11.8. The largest absolute Gasteiger partial charge is 0.408 e. The molecule has 0 atom stereocenters. The predicted octanol–water partition coefficient (Wildman–Crippen LogP) is 2.97. The average molecular weight is 430 g/mol. The Morgan fingerprint density at radius 1 is 1.21 bits per heavy atom. The van der Waals surface area contributed by atoms with Crippen molar-refractivity contribution in [2.75, 3.05) is 26.2 Å². The third-order valence-corrected chi connectivity index (χ3v) is 5.22. The summed E-state index contributed by atoms with van der Waals surface area (Å²) in [6.45, 7) is 2.85. The maximum atomic E-state index is 13.9. The van der Waals surface area contributed by atoms with Gasteiger partial charge in [0.05, 0.1) is 17.8 Å². The van der Waals surface area contributed by atoms with Crippen LogP contribution in [-0.2, 0) is 17.9 Å². The molecule has 1 fully saturated rings. The second-order valence-electron chi connectivity index (χ2n) is 6.43. The fourth-order valence-electron chi connectivity index (χ4n) is 3.06. The summed E-state index contributed by atoms with van der Waals surface area (Å²) in [5.74, 6) is -0.828. The van der Waals surface area contributed by atoms with E-state index in [1.54, 1.807) is 17.0 Å². The van der Waals surface area contributed by atoms with Gasteiger partial charge in [0.25, 0.3) is 0 Å². The lowest BCUT2D eigenvalue weighted by Crippen LogP contribution is -2.48. The van der Waals surface area contributed by atoms with Crippen LogP contribution in [0.25, 0.3) is 0 Å². The average Bonchev–Trinajstić information content (AvgIpc) is 3.04. The standard InChI is InChI=1S/C17H18Cl2FN5O3/c18-13-2-1-3-15(20)12(13)10-22-6-8-23(9-7-22)16(26)4-5-24-11-14(19)17(21-24)25(27)28/h1-3,11H,4-10H2. The van der Waals surface area contributed by atoms with Gasteiger partial charge in [-0.25, -0.2) is 4.39 Å². The predicted molar refractivity (Wildman–Crippen MR) is 102 cm³/mol. The van der Waals surface area contributed by atoms with E-state index in [0.29, 0.717) is 43.3 Å². The van der Waals surface area contributed by atoms with E-state index in [4.69, 9.17) is 23.2 Å². The molecule has 0 unspecified atom stereocenters. The smallest absolute Gasteiger partial charge is 0.358 e. The van der Waals surface area contributed by atoms with E-state index >= 15 is 0 Å². The maximum Gasteiger partial charge on any atom is 0.408 e. The zero-order valence-electron chi connectivity index (χ0n) is 14.9. The molecule has 0 saturated carbocycles. The lowest BCUT2D eigenvalue weighted by Gasteiger charge is -2.35. The second-order valence-corrected chi connectivity index (χ2v) is 7.24. The number of aromatic nitrogens is 2. The number of hydrogen-bond acceptors (Lipinski definition) is 5. The third-order valence-electron chi connectivity index (χ3n) is 4.60. The molecule has 0 spiro atoms. The van der Waals surface area contributed by atoms with Gasteiger partial charge in [0, 0.05) is 49.7 Å². The van der Waals surface area contributed by atoms with Crippen LogP contribution in [0.15, 0.2) is 24.4 Å². The molecule has 1 aromatic heterocycles. The zero-order chi connectivity index (χ0) is 20.3. The summed E-state index contributed by atoms with van der Waals surface area (Å²) < 4.78 is 15.2. The normalized spacial score (nSPS) is 15.0. The lowest BCUT2D eigenvalue weighted by atomic mass is 10.1. The molecule has 1 saturated heterocycles. The molecule has 3 rings (SSSR count). The Bertz CT molecular complexity index is 863. The van der Waals surface area contributed by atoms with Gasteiger partial charge in [-0.1, -0.05) is 29.3 Å². The monoisotopic (exact) mass is 429 g/mol. The lowest BCUT2D eigenvalue weighted by molar-refractivity contribution is -0.389. The highest BCUT2D eigenvalue weighted by atomic mass is 35.5. The zero-order valence-corrected chi connectivity index (χ0v) is 16.4. The molecular weight excluding hydrogens is 412 g/mol. The molecule has 1 aliphatic heterocycles. The van der Waals surface area contributed by atoms with Crippen molar-refractivity contribution >= 4 is 34.9 Å². The first-order valence-electron chi connectivity index (χ1n) is 8.65. The van der Waals surface area contributed by atoms with Gasteiger partial charge >= 0.3 is 5.82 Å². The summed E-state index contributed by atoms with van der Waals surface area (Å²) in [6.07, 6.45) is 1.50. The van der Waals surface area contributed by atoms with Crippen molar-refractivity contribution in [2.24, 2.45) is 0 Å². The third kappa shape index (κ3) is 4.78.